The molecule has 92 valence electrons. The van der Waals surface area contributed by atoms with E-state index in [9.17, 15) is 14.0 Å². The first kappa shape index (κ1) is 12.0. The topological polar surface area (TPSA) is 70.2 Å². The van der Waals surface area contributed by atoms with Gasteiger partial charge in [-0.3, -0.25) is 9.59 Å². The second-order valence-electron chi connectivity index (χ2n) is 3.76. The number of carboxylic acids is 1. The van der Waals surface area contributed by atoms with Crippen molar-refractivity contribution in [2.45, 2.75) is 6.42 Å². The minimum Gasteiger partial charge on any atom is -0.481 e. The van der Waals surface area contributed by atoms with Crippen LogP contribution in [0.2, 0.25) is 0 Å². The Morgan fingerprint density at radius 3 is 2.67 bits per heavy atom. The second kappa shape index (κ2) is 4.83. The van der Waals surface area contributed by atoms with Gasteiger partial charge in [-0.05, 0) is 17.7 Å². The number of nitrogens with one attached hydrogen (secondary N) is 1. The molecule has 0 fully saturated rings. The smallest absolute Gasteiger partial charge is 0.307 e. The number of benzene rings is 1. The molecule has 0 saturated carbocycles. The van der Waals surface area contributed by atoms with Crippen LogP contribution in [0.4, 0.5) is 4.39 Å². The highest BCUT2D eigenvalue weighted by Crippen LogP contribution is 2.22. The van der Waals surface area contributed by atoms with Crippen molar-refractivity contribution in [3.05, 3.63) is 58.3 Å². The molecule has 2 N–H and O–H groups in total. The fourth-order valence-electron chi connectivity index (χ4n) is 1.79. The van der Waals surface area contributed by atoms with E-state index in [2.05, 4.69) is 4.98 Å². The lowest BCUT2D eigenvalue weighted by atomic mass is 9.99. The van der Waals surface area contributed by atoms with Crippen LogP contribution in [-0.4, -0.2) is 16.1 Å². The molecule has 1 aromatic heterocycles. The highest BCUT2D eigenvalue weighted by atomic mass is 19.1. The fraction of sp³-hybridized carbons (Fsp3) is 0.0769. The maximum atomic E-state index is 13.7. The van der Waals surface area contributed by atoms with Crippen molar-refractivity contribution in [2.24, 2.45) is 0 Å². The summed E-state index contributed by atoms with van der Waals surface area (Å²) in [6.07, 6.45) is 1.03. The van der Waals surface area contributed by atoms with E-state index in [0.717, 1.165) is 0 Å². The first-order valence-corrected chi connectivity index (χ1v) is 5.27. The SMILES string of the molecule is O=C(O)Cc1cc[nH]c(=O)c1-c1ccccc1F. The number of rotatable bonds is 3. The molecular formula is C13H10FNO3. The van der Waals surface area contributed by atoms with Gasteiger partial charge in [0.1, 0.15) is 5.82 Å². The third-order valence-electron chi connectivity index (χ3n) is 2.53. The molecule has 1 aromatic carbocycles. The quantitative estimate of drug-likeness (QED) is 0.868. The summed E-state index contributed by atoms with van der Waals surface area (Å²) in [6.45, 7) is 0. The molecule has 0 aliphatic heterocycles. The number of aromatic amines is 1. The van der Waals surface area contributed by atoms with E-state index in [1.165, 1.54) is 30.5 Å². The summed E-state index contributed by atoms with van der Waals surface area (Å²) in [5, 5.41) is 8.79. The Morgan fingerprint density at radius 1 is 1.28 bits per heavy atom. The van der Waals surface area contributed by atoms with Crippen LogP contribution in [0.3, 0.4) is 0 Å². The number of hydrogen-bond acceptors (Lipinski definition) is 2. The first-order valence-electron chi connectivity index (χ1n) is 5.27. The summed E-state index contributed by atoms with van der Waals surface area (Å²) in [7, 11) is 0. The molecule has 0 aliphatic carbocycles. The lowest BCUT2D eigenvalue weighted by Gasteiger charge is -2.07. The molecule has 18 heavy (non-hydrogen) atoms. The maximum Gasteiger partial charge on any atom is 0.307 e. The van der Waals surface area contributed by atoms with Crippen LogP contribution in [0.5, 0.6) is 0 Å². The van der Waals surface area contributed by atoms with Crippen LogP contribution in [0.1, 0.15) is 5.56 Å². The van der Waals surface area contributed by atoms with E-state index >= 15 is 0 Å². The monoisotopic (exact) mass is 247 g/mol. The van der Waals surface area contributed by atoms with Crippen molar-refractivity contribution in [3.8, 4) is 11.1 Å². The third-order valence-corrected chi connectivity index (χ3v) is 2.53. The van der Waals surface area contributed by atoms with Crippen LogP contribution >= 0.6 is 0 Å². The summed E-state index contributed by atoms with van der Waals surface area (Å²) < 4.78 is 13.7. The molecule has 2 rings (SSSR count). The van der Waals surface area contributed by atoms with E-state index in [1.54, 1.807) is 6.07 Å². The van der Waals surface area contributed by atoms with Gasteiger partial charge in [-0.2, -0.15) is 0 Å². The molecule has 5 heteroatoms. The fourth-order valence-corrected chi connectivity index (χ4v) is 1.79. The van der Waals surface area contributed by atoms with Crippen LogP contribution in [-0.2, 0) is 11.2 Å². The average molecular weight is 247 g/mol. The van der Waals surface area contributed by atoms with E-state index in [1.807, 2.05) is 0 Å². The van der Waals surface area contributed by atoms with Crippen molar-refractivity contribution in [3.63, 3.8) is 0 Å². The Morgan fingerprint density at radius 2 is 2.00 bits per heavy atom. The van der Waals surface area contributed by atoms with Crippen molar-refractivity contribution in [2.75, 3.05) is 0 Å². The number of hydrogen-bond donors (Lipinski definition) is 2. The number of carbonyl (C=O) groups is 1. The number of carboxylic acid groups (broad SMARTS) is 1. The van der Waals surface area contributed by atoms with Crippen LogP contribution in [0, 0.1) is 5.82 Å². The zero-order valence-corrected chi connectivity index (χ0v) is 9.31. The van der Waals surface area contributed by atoms with Crippen molar-refractivity contribution < 1.29 is 14.3 Å². The predicted molar refractivity (Wildman–Crippen MR) is 63.8 cm³/mol. The molecule has 0 aliphatic rings. The molecule has 1 heterocycles. The molecule has 0 atom stereocenters. The highest BCUT2D eigenvalue weighted by molar-refractivity contribution is 5.76. The van der Waals surface area contributed by atoms with Gasteiger partial charge in [0.2, 0.25) is 0 Å². The zero-order chi connectivity index (χ0) is 13.1. The van der Waals surface area contributed by atoms with E-state index in [-0.39, 0.29) is 23.1 Å². The Kier molecular flexibility index (Phi) is 3.23. The van der Waals surface area contributed by atoms with Crippen LogP contribution < -0.4 is 5.56 Å². The summed E-state index contributed by atoms with van der Waals surface area (Å²) in [5.41, 5.74) is -0.0381. The van der Waals surface area contributed by atoms with Gasteiger partial charge in [0, 0.05) is 11.8 Å². The minimum atomic E-state index is -1.07. The Balaban J connectivity index is 2.66. The number of aliphatic carboxylic acids is 1. The van der Waals surface area contributed by atoms with Crippen LogP contribution in [0.15, 0.2) is 41.3 Å². The maximum absolute atomic E-state index is 13.7. The molecule has 0 radical (unpaired) electrons. The molecular weight excluding hydrogens is 237 g/mol. The van der Waals surface area contributed by atoms with E-state index in [0.29, 0.717) is 0 Å². The molecule has 0 bridgehead atoms. The zero-order valence-electron chi connectivity index (χ0n) is 9.31. The third kappa shape index (κ3) is 2.29. The molecule has 0 amide bonds. The van der Waals surface area contributed by atoms with Gasteiger partial charge in [0.25, 0.3) is 5.56 Å². The van der Waals surface area contributed by atoms with Crippen molar-refractivity contribution in [1.82, 2.24) is 4.98 Å². The molecule has 4 nitrogen and oxygen atoms in total. The first-order chi connectivity index (χ1) is 8.59. The molecule has 2 aromatic rings. The lowest BCUT2D eigenvalue weighted by Crippen LogP contribution is -2.14. The van der Waals surface area contributed by atoms with Crippen molar-refractivity contribution >= 4 is 5.97 Å². The Hall–Kier alpha value is -2.43. The Labute approximate surface area is 102 Å². The molecule has 0 saturated heterocycles. The predicted octanol–water partition coefficient (Wildman–Crippen LogP) is 1.81. The summed E-state index contributed by atoms with van der Waals surface area (Å²) in [4.78, 5) is 24.9. The van der Waals surface area contributed by atoms with Gasteiger partial charge in [-0.15, -0.1) is 0 Å². The summed E-state index contributed by atoms with van der Waals surface area (Å²) in [5.74, 6) is -1.63. The van der Waals surface area contributed by atoms with Gasteiger partial charge >= 0.3 is 5.97 Å². The number of halogens is 1. The van der Waals surface area contributed by atoms with Gasteiger partial charge < -0.3 is 10.1 Å². The van der Waals surface area contributed by atoms with Crippen LogP contribution in [0.25, 0.3) is 11.1 Å². The van der Waals surface area contributed by atoms with Gasteiger partial charge in [-0.25, -0.2) is 4.39 Å². The largest absolute Gasteiger partial charge is 0.481 e. The standard InChI is InChI=1S/C13H10FNO3/c14-10-4-2-1-3-9(10)12-8(7-11(16)17)5-6-15-13(12)18/h1-6H,7H2,(H,15,18)(H,16,17). The van der Waals surface area contributed by atoms with E-state index < -0.39 is 17.3 Å². The summed E-state index contributed by atoms with van der Waals surface area (Å²) in [6, 6.07) is 7.25. The van der Waals surface area contributed by atoms with E-state index in [4.69, 9.17) is 5.11 Å². The summed E-state index contributed by atoms with van der Waals surface area (Å²) >= 11 is 0. The van der Waals surface area contributed by atoms with Gasteiger partial charge in [0.05, 0.1) is 12.0 Å². The minimum absolute atomic E-state index is 0.0676. The highest BCUT2D eigenvalue weighted by Gasteiger charge is 2.15. The van der Waals surface area contributed by atoms with Gasteiger partial charge in [-0.1, -0.05) is 18.2 Å². The molecule has 0 spiro atoms. The van der Waals surface area contributed by atoms with Crippen molar-refractivity contribution in [1.29, 1.82) is 0 Å². The number of pyridine rings is 1. The lowest BCUT2D eigenvalue weighted by molar-refractivity contribution is -0.136. The number of aromatic nitrogens is 1. The Bertz CT molecular complexity index is 649. The number of H-pyrrole nitrogens is 1. The average Bonchev–Trinajstić information content (AvgIpc) is 2.30. The molecule has 0 unspecified atom stereocenters. The normalized spacial score (nSPS) is 10.3. The second-order valence-corrected chi connectivity index (χ2v) is 3.76. The van der Waals surface area contributed by atoms with Gasteiger partial charge in [0.15, 0.2) is 0 Å².